The predicted molar refractivity (Wildman–Crippen MR) is 124 cm³/mol. The van der Waals surface area contributed by atoms with E-state index in [9.17, 15) is 9.90 Å². The summed E-state index contributed by atoms with van der Waals surface area (Å²) in [6.07, 6.45) is 4.71. The summed E-state index contributed by atoms with van der Waals surface area (Å²) in [7, 11) is 3.11. The first-order valence-electron chi connectivity index (χ1n) is 11.3. The molecule has 0 aliphatic heterocycles. The Morgan fingerprint density at radius 1 is 1.16 bits per heavy atom. The van der Waals surface area contributed by atoms with Gasteiger partial charge in [0.15, 0.2) is 11.3 Å². The fourth-order valence-corrected chi connectivity index (χ4v) is 6.13. The second-order valence-corrected chi connectivity index (χ2v) is 10.1. The van der Waals surface area contributed by atoms with E-state index in [0.717, 1.165) is 19.3 Å². The summed E-state index contributed by atoms with van der Waals surface area (Å²) < 4.78 is 23.0. The van der Waals surface area contributed by atoms with Gasteiger partial charge in [0.1, 0.15) is 0 Å². The number of hydrogen-bond donors (Lipinski definition) is 1. The Morgan fingerprint density at radius 3 is 2.59 bits per heavy atom. The minimum Gasteiger partial charge on any atom is -0.493 e. The van der Waals surface area contributed by atoms with Crippen LogP contribution in [0.15, 0.2) is 39.1 Å². The third-order valence-electron chi connectivity index (χ3n) is 8.14. The maximum atomic E-state index is 11.8. The fraction of sp³-hybridized carbons (Fsp3) is 0.577. The molecular formula is C26H34O6. The van der Waals surface area contributed by atoms with Crippen molar-refractivity contribution < 1.29 is 23.7 Å². The summed E-state index contributed by atoms with van der Waals surface area (Å²) in [6, 6.07) is 4.85. The number of aliphatic hydroxyl groups excluding tert-OH is 1. The number of rotatable bonds is 5. The lowest BCUT2D eigenvalue weighted by molar-refractivity contribution is -0.119. The molecule has 1 N–H and O–H groups in total. The average Bonchev–Trinajstić information content (AvgIpc) is 2.75. The van der Waals surface area contributed by atoms with Gasteiger partial charge in [0.05, 0.1) is 26.9 Å². The van der Waals surface area contributed by atoms with Crippen molar-refractivity contribution in [3.8, 4) is 17.2 Å². The molecule has 4 atom stereocenters. The quantitative estimate of drug-likeness (QED) is 0.521. The highest BCUT2D eigenvalue weighted by Gasteiger charge is 2.55. The van der Waals surface area contributed by atoms with Gasteiger partial charge in [-0.05, 0) is 55.1 Å². The lowest BCUT2D eigenvalue weighted by Crippen LogP contribution is -2.55. The molecule has 0 radical (unpaired) electrons. The van der Waals surface area contributed by atoms with Crippen LogP contribution in [-0.2, 0) is 0 Å². The maximum Gasteiger partial charge on any atom is 0.336 e. The van der Waals surface area contributed by atoms with E-state index >= 15 is 0 Å². The van der Waals surface area contributed by atoms with Crippen molar-refractivity contribution in [3.05, 3.63) is 40.3 Å². The van der Waals surface area contributed by atoms with E-state index in [-0.39, 0.29) is 22.9 Å². The van der Waals surface area contributed by atoms with Gasteiger partial charge >= 0.3 is 5.63 Å². The topological polar surface area (TPSA) is 78.1 Å². The highest BCUT2D eigenvalue weighted by Crippen LogP contribution is 2.59. The number of methoxy groups -OCH3 is 2. The molecule has 0 unspecified atom stereocenters. The van der Waals surface area contributed by atoms with E-state index in [0.29, 0.717) is 40.7 Å². The molecule has 4 rings (SSSR count). The Labute approximate surface area is 189 Å². The van der Waals surface area contributed by atoms with Crippen LogP contribution in [0, 0.1) is 22.7 Å². The number of aliphatic hydroxyl groups is 1. The molecule has 32 heavy (non-hydrogen) atoms. The minimum atomic E-state index is -0.448. The first-order chi connectivity index (χ1) is 15.1. The predicted octanol–water partition coefficient (Wildman–Crippen LogP) is 4.96. The normalized spacial score (nSPS) is 29.2. The van der Waals surface area contributed by atoms with Crippen molar-refractivity contribution in [1.82, 2.24) is 0 Å². The highest BCUT2D eigenvalue weighted by atomic mass is 16.5. The summed E-state index contributed by atoms with van der Waals surface area (Å²) in [5, 5.41) is 11.4. The molecule has 1 aromatic carbocycles. The van der Waals surface area contributed by atoms with Crippen LogP contribution in [0.2, 0.25) is 0 Å². The Kier molecular flexibility index (Phi) is 5.78. The van der Waals surface area contributed by atoms with E-state index in [1.165, 1.54) is 18.7 Å². The Morgan fingerprint density at radius 2 is 1.91 bits per heavy atom. The molecule has 0 bridgehead atoms. The van der Waals surface area contributed by atoms with Crippen LogP contribution in [0.4, 0.5) is 0 Å². The summed E-state index contributed by atoms with van der Waals surface area (Å²) in [4.78, 5) is 11.8. The Bertz CT molecular complexity index is 1100. The number of hydrogen-bond acceptors (Lipinski definition) is 6. The van der Waals surface area contributed by atoms with Gasteiger partial charge in [-0.3, -0.25) is 0 Å². The second kappa shape index (κ2) is 8.14. The molecule has 6 nitrogen and oxygen atoms in total. The van der Waals surface area contributed by atoms with Crippen LogP contribution in [0.1, 0.15) is 47.0 Å². The van der Waals surface area contributed by atoms with E-state index in [4.69, 9.17) is 18.6 Å². The minimum absolute atomic E-state index is 0.00540. The maximum absolute atomic E-state index is 11.8. The van der Waals surface area contributed by atoms with E-state index in [1.54, 1.807) is 19.2 Å². The van der Waals surface area contributed by atoms with Crippen molar-refractivity contribution in [2.24, 2.45) is 22.7 Å². The summed E-state index contributed by atoms with van der Waals surface area (Å²) in [5.41, 5.74) is 1.05. The zero-order chi connectivity index (χ0) is 23.3. The molecule has 0 amide bonds. The summed E-state index contributed by atoms with van der Waals surface area (Å²) >= 11 is 0. The van der Waals surface area contributed by atoms with Crippen LogP contribution in [0.25, 0.3) is 11.0 Å². The number of fused-ring (bicyclic) bond motifs is 2. The highest BCUT2D eigenvalue weighted by molar-refractivity contribution is 5.88. The van der Waals surface area contributed by atoms with Crippen LogP contribution < -0.4 is 19.8 Å². The van der Waals surface area contributed by atoms with E-state index in [2.05, 4.69) is 33.8 Å². The van der Waals surface area contributed by atoms with Crippen molar-refractivity contribution in [3.63, 3.8) is 0 Å². The fourth-order valence-electron chi connectivity index (χ4n) is 6.13. The first-order valence-corrected chi connectivity index (χ1v) is 11.3. The number of ether oxygens (including phenoxy) is 3. The lowest BCUT2D eigenvalue weighted by Gasteiger charge is -2.58. The van der Waals surface area contributed by atoms with Crippen LogP contribution in [0.3, 0.4) is 0 Å². The lowest BCUT2D eigenvalue weighted by atomic mass is 9.48. The van der Waals surface area contributed by atoms with Gasteiger partial charge in [0, 0.05) is 17.4 Å². The molecular weight excluding hydrogens is 408 g/mol. The first kappa shape index (κ1) is 22.7. The third kappa shape index (κ3) is 3.49. The van der Waals surface area contributed by atoms with Gasteiger partial charge in [-0.25, -0.2) is 4.79 Å². The van der Waals surface area contributed by atoms with Gasteiger partial charge in [-0.15, -0.1) is 0 Å². The standard InChI is InChI=1S/C26H34O6/c1-15-7-9-19-25(2,3)20(27)11-12-26(19,4)17(15)14-31-23-18(29-5)13-16-8-10-21(28)32-22(16)24(23)30-6/h7-8,10,13,17,19-20,27H,9,11-12,14H2,1-6H3/t17-,19-,20-,26+/m0/s1. The average molecular weight is 443 g/mol. The molecule has 174 valence electrons. The Balaban J connectivity index is 1.72. The van der Waals surface area contributed by atoms with Gasteiger partial charge in [-0.2, -0.15) is 0 Å². The second-order valence-electron chi connectivity index (χ2n) is 10.1. The van der Waals surface area contributed by atoms with Gasteiger partial charge in [0.25, 0.3) is 0 Å². The molecule has 2 aliphatic carbocycles. The third-order valence-corrected chi connectivity index (χ3v) is 8.14. The SMILES string of the molecule is COc1cc2ccc(=O)oc2c(OC)c1OC[C@H]1C(C)=CC[C@H]2C(C)(C)[C@@H](O)CC[C@]12C. The number of benzene rings is 1. The van der Waals surface area contributed by atoms with Gasteiger partial charge in [-0.1, -0.05) is 32.4 Å². The van der Waals surface area contributed by atoms with Crippen molar-refractivity contribution in [1.29, 1.82) is 0 Å². The molecule has 1 fully saturated rings. The molecule has 2 aromatic rings. The largest absolute Gasteiger partial charge is 0.493 e. The molecule has 1 heterocycles. The molecule has 0 spiro atoms. The van der Waals surface area contributed by atoms with Crippen molar-refractivity contribution >= 4 is 11.0 Å². The monoisotopic (exact) mass is 442 g/mol. The molecule has 0 saturated heterocycles. The molecule has 1 aromatic heterocycles. The van der Waals surface area contributed by atoms with E-state index in [1.807, 2.05) is 0 Å². The van der Waals surface area contributed by atoms with Gasteiger partial charge < -0.3 is 23.7 Å². The summed E-state index contributed by atoms with van der Waals surface area (Å²) in [6.45, 7) is 9.31. The van der Waals surface area contributed by atoms with Crippen molar-refractivity contribution in [2.45, 2.75) is 53.1 Å². The zero-order valence-corrected chi connectivity index (χ0v) is 19.9. The molecule has 1 saturated carbocycles. The zero-order valence-electron chi connectivity index (χ0n) is 19.9. The smallest absolute Gasteiger partial charge is 0.336 e. The van der Waals surface area contributed by atoms with Crippen molar-refractivity contribution in [2.75, 3.05) is 20.8 Å². The molecule has 6 heteroatoms. The van der Waals surface area contributed by atoms with Crippen LogP contribution in [-0.4, -0.2) is 32.0 Å². The Hall–Kier alpha value is -2.47. The van der Waals surface area contributed by atoms with Crippen LogP contribution in [0.5, 0.6) is 17.2 Å². The molecule has 2 aliphatic rings. The van der Waals surface area contributed by atoms with Gasteiger partial charge in [0.2, 0.25) is 11.5 Å². The summed E-state index contributed by atoms with van der Waals surface area (Å²) in [5.74, 6) is 1.86. The number of allylic oxidation sites excluding steroid dienone is 1. The van der Waals surface area contributed by atoms with E-state index < -0.39 is 5.63 Å². The van der Waals surface area contributed by atoms with Crippen LogP contribution >= 0.6 is 0 Å².